The van der Waals surface area contributed by atoms with Crippen LogP contribution in [0.15, 0.2) is 42.5 Å². The highest BCUT2D eigenvalue weighted by molar-refractivity contribution is 7.16. The third-order valence-corrected chi connectivity index (χ3v) is 8.64. The fourth-order valence-electron chi connectivity index (χ4n) is 5.35. The largest absolute Gasteiger partial charge is 0.493 e. The minimum atomic E-state index is -0.297. The van der Waals surface area contributed by atoms with Crippen LogP contribution in [0, 0.1) is 17.2 Å². The van der Waals surface area contributed by atoms with E-state index in [1.807, 2.05) is 18.2 Å². The van der Waals surface area contributed by atoms with Gasteiger partial charge in [-0.15, -0.1) is 11.3 Å². The predicted molar refractivity (Wildman–Crippen MR) is 138 cm³/mol. The lowest BCUT2D eigenvalue weighted by Crippen LogP contribution is -2.27. The monoisotopic (exact) mass is 493 g/mol. The van der Waals surface area contributed by atoms with Crippen molar-refractivity contribution in [2.45, 2.75) is 59.0 Å². The molecule has 2 aliphatic rings. The van der Waals surface area contributed by atoms with Gasteiger partial charge in [-0.1, -0.05) is 45.0 Å². The molecule has 0 saturated carbocycles. The van der Waals surface area contributed by atoms with E-state index in [0.717, 1.165) is 23.4 Å². The van der Waals surface area contributed by atoms with Crippen molar-refractivity contribution in [3.05, 3.63) is 75.4 Å². The molecule has 2 unspecified atom stereocenters. The molecule has 2 heterocycles. The molecule has 2 atom stereocenters. The zero-order valence-electron chi connectivity index (χ0n) is 20.7. The molecule has 35 heavy (non-hydrogen) atoms. The Hall–Kier alpha value is -2.86. The molecule has 2 aromatic carbocycles. The van der Waals surface area contributed by atoms with Crippen molar-refractivity contribution in [1.82, 2.24) is 0 Å². The van der Waals surface area contributed by atoms with Crippen LogP contribution in [0.5, 0.6) is 11.5 Å². The van der Waals surface area contributed by atoms with Crippen molar-refractivity contribution >= 4 is 22.2 Å². The molecule has 1 aliphatic carbocycles. The van der Waals surface area contributed by atoms with E-state index in [4.69, 9.17) is 9.47 Å². The van der Waals surface area contributed by atoms with E-state index >= 15 is 0 Å². The SMILES string of the molecule is COc1ccc(C2CC(=O)Nc3sc4c(c32)CCC(C(C)(C)C)C4)cc1OCc1ccccc1F. The number of amides is 1. The van der Waals surface area contributed by atoms with Crippen LogP contribution in [-0.2, 0) is 24.2 Å². The number of carbonyl (C=O) groups is 1. The van der Waals surface area contributed by atoms with Gasteiger partial charge in [-0.2, -0.15) is 0 Å². The van der Waals surface area contributed by atoms with Crippen molar-refractivity contribution in [3.63, 3.8) is 0 Å². The average Bonchev–Trinajstić information content (AvgIpc) is 3.19. The molecule has 0 fully saturated rings. The standard InChI is InChI=1S/C29H32FNO3S/c1-29(2,3)19-10-11-20-25(14-19)35-28-27(20)21(15-26(32)31-28)17-9-12-23(33-4)24(13-17)34-16-18-7-5-6-8-22(18)30/h5-9,12-13,19,21H,10-11,14-16H2,1-4H3,(H,31,32). The minimum Gasteiger partial charge on any atom is -0.493 e. The summed E-state index contributed by atoms with van der Waals surface area (Å²) in [5, 5.41) is 4.14. The van der Waals surface area contributed by atoms with E-state index in [9.17, 15) is 9.18 Å². The van der Waals surface area contributed by atoms with Crippen LogP contribution in [0.2, 0.25) is 0 Å². The van der Waals surface area contributed by atoms with Crippen LogP contribution < -0.4 is 14.8 Å². The average molecular weight is 494 g/mol. The van der Waals surface area contributed by atoms with Crippen molar-refractivity contribution in [1.29, 1.82) is 0 Å². The Balaban J connectivity index is 1.48. The molecule has 0 bridgehead atoms. The van der Waals surface area contributed by atoms with Gasteiger partial charge in [0.1, 0.15) is 12.4 Å². The van der Waals surface area contributed by atoms with E-state index < -0.39 is 0 Å². The molecular formula is C29H32FNO3S. The molecule has 1 amide bonds. The molecule has 1 aliphatic heterocycles. The van der Waals surface area contributed by atoms with Crippen molar-refractivity contribution < 1.29 is 18.7 Å². The second kappa shape index (κ2) is 9.30. The summed E-state index contributed by atoms with van der Waals surface area (Å²) in [5.41, 5.74) is 4.46. The molecule has 1 N–H and O–H groups in total. The summed E-state index contributed by atoms with van der Waals surface area (Å²) in [5.74, 6) is 1.49. The van der Waals surface area contributed by atoms with Crippen molar-refractivity contribution in [2.75, 3.05) is 12.4 Å². The van der Waals surface area contributed by atoms with Crippen molar-refractivity contribution in [3.8, 4) is 11.5 Å². The second-order valence-electron chi connectivity index (χ2n) is 10.6. The van der Waals surface area contributed by atoms with E-state index in [1.54, 1.807) is 36.6 Å². The number of halogens is 1. The third kappa shape index (κ3) is 4.68. The molecular weight excluding hydrogens is 461 g/mol. The van der Waals surface area contributed by atoms with Gasteiger partial charge in [0.05, 0.1) is 12.1 Å². The number of hydrogen-bond donors (Lipinski definition) is 1. The van der Waals surface area contributed by atoms with Crippen LogP contribution in [0.1, 0.15) is 66.7 Å². The molecule has 5 rings (SSSR count). The molecule has 0 radical (unpaired) electrons. The summed E-state index contributed by atoms with van der Waals surface area (Å²) in [6, 6.07) is 12.5. The van der Waals surface area contributed by atoms with Gasteiger partial charge in [-0.3, -0.25) is 4.79 Å². The van der Waals surface area contributed by atoms with Gasteiger partial charge in [0.15, 0.2) is 11.5 Å². The first-order valence-corrected chi connectivity index (χ1v) is 13.0. The topological polar surface area (TPSA) is 47.6 Å². The lowest BCUT2D eigenvalue weighted by molar-refractivity contribution is -0.116. The van der Waals surface area contributed by atoms with Crippen molar-refractivity contribution in [2.24, 2.45) is 11.3 Å². The van der Waals surface area contributed by atoms with Gasteiger partial charge in [-0.25, -0.2) is 4.39 Å². The number of fused-ring (bicyclic) bond motifs is 3. The fourth-order valence-corrected chi connectivity index (χ4v) is 6.76. The maximum Gasteiger partial charge on any atom is 0.225 e. The number of ether oxygens (including phenoxy) is 2. The smallest absolute Gasteiger partial charge is 0.225 e. The number of nitrogens with one attached hydrogen (secondary N) is 1. The van der Waals surface area contributed by atoms with Gasteiger partial charge in [0, 0.05) is 22.8 Å². The maximum atomic E-state index is 14.1. The van der Waals surface area contributed by atoms with Gasteiger partial charge in [0.25, 0.3) is 0 Å². The number of rotatable bonds is 5. The molecule has 184 valence electrons. The van der Waals surface area contributed by atoms with Gasteiger partial charge in [0.2, 0.25) is 5.91 Å². The number of anilines is 1. The Morgan fingerprint density at radius 1 is 1.11 bits per heavy atom. The molecule has 0 spiro atoms. The summed E-state index contributed by atoms with van der Waals surface area (Å²) < 4.78 is 25.7. The van der Waals surface area contributed by atoms with Crippen LogP contribution in [0.3, 0.4) is 0 Å². The first-order chi connectivity index (χ1) is 16.7. The summed E-state index contributed by atoms with van der Waals surface area (Å²) >= 11 is 1.75. The summed E-state index contributed by atoms with van der Waals surface area (Å²) in [6.45, 7) is 7.06. The Labute approximate surface area is 210 Å². The lowest BCUT2D eigenvalue weighted by Gasteiger charge is -2.34. The highest BCUT2D eigenvalue weighted by atomic mass is 32.1. The van der Waals surface area contributed by atoms with E-state index in [-0.39, 0.29) is 29.7 Å². The lowest BCUT2D eigenvalue weighted by atomic mass is 9.71. The normalized spacial score (nSPS) is 19.5. The first-order valence-electron chi connectivity index (χ1n) is 12.2. The molecule has 1 aromatic heterocycles. The number of hydrogen-bond acceptors (Lipinski definition) is 4. The highest BCUT2D eigenvalue weighted by Crippen LogP contribution is 2.50. The van der Waals surface area contributed by atoms with Crippen LogP contribution >= 0.6 is 11.3 Å². The van der Waals surface area contributed by atoms with Crippen LogP contribution in [0.4, 0.5) is 9.39 Å². The summed E-state index contributed by atoms with van der Waals surface area (Å²) in [6.07, 6.45) is 3.68. The zero-order chi connectivity index (χ0) is 24.7. The molecule has 6 heteroatoms. The molecule has 0 saturated heterocycles. The Kier molecular flexibility index (Phi) is 6.34. The second-order valence-corrected chi connectivity index (χ2v) is 11.8. The third-order valence-electron chi connectivity index (χ3n) is 7.45. The van der Waals surface area contributed by atoms with Gasteiger partial charge >= 0.3 is 0 Å². The Morgan fingerprint density at radius 3 is 2.66 bits per heavy atom. The van der Waals surface area contributed by atoms with Gasteiger partial charge in [-0.05, 0) is 65.5 Å². The number of methoxy groups -OCH3 is 1. The summed E-state index contributed by atoms with van der Waals surface area (Å²) in [7, 11) is 1.60. The quantitative estimate of drug-likeness (QED) is 0.412. The van der Waals surface area contributed by atoms with E-state index in [1.165, 1.54) is 28.5 Å². The highest BCUT2D eigenvalue weighted by Gasteiger charge is 2.37. The number of benzene rings is 2. The minimum absolute atomic E-state index is 0.0355. The number of thiophene rings is 1. The van der Waals surface area contributed by atoms with E-state index in [0.29, 0.717) is 29.4 Å². The fraction of sp³-hybridized carbons (Fsp3) is 0.414. The zero-order valence-corrected chi connectivity index (χ0v) is 21.6. The van der Waals surface area contributed by atoms with Crippen LogP contribution in [-0.4, -0.2) is 13.0 Å². The first kappa shape index (κ1) is 23.9. The van der Waals surface area contributed by atoms with Gasteiger partial charge < -0.3 is 14.8 Å². The number of carbonyl (C=O) groups excluding carboxylic acids is 1. The van der Waals surface area contributed by atoms with Crippen LogP contribution in [0.25, 0.3) is 0 Å². The Bertz CT molecular complexity index is 1260. The summed E-state index contributed by atoms with van der Waals surface area (Å²) in [4.78, 5) is 14.1. The van der Waals surface area contributed by atoms with E-state index in [2.05, 4.69) is 26.1 Å². The molecule has 4 nitrogen and oxygen atoms in total. The maximum absolute atomic E-state index is 14.1. The Morgan fingerprint density at radius 2 is 1.91 bits per heavy atom. The predicted octanol–water partition coefficient (Wildman–Crippen LogP) is 7.10. The molecule has 3 aromatic rings.